The van der Waals surface area contributed by atoms with Gasteiger partial charge in [0.15, 0.2) is 0 Å². The van der Waals surface area contributed by atoms with Crippen molar-refractivity contribution in [2.75, 3.05) is 6.61 Å². The number of halogens is 2. The average Bonchev–Trinajstić information content (AvgIpc) is 2.35. The van der Waals surface area contributed by atoms with Crippen LogP contribution in [0.2, 0.25) is 5.02 Å². The fourth-order valence-corrected chi connectivity index (χ4v) is 2.44. The lowest BCUT2D eigenvalue weighted by Crippen LogP contribution is -2.45. The second kappa shape index (κ2) is 5.55. The predicted octanol–water partition coefficient (Wildman–Crippen LogP) is 3.34. The minimum atomic E-state index is -0.627. The van der Waals surface area contributed by atoms with Crippen LogP contribution in [-0.4, -0.2) is 23.4 Å². The van der Waals surface area contributed by atoms with Crippen LogP contribution in [0.25, 0.3) is 0 Å². The van der Waals surface area contributed by atoms with Crippen molar-refractivity contribution in [2.24, 2.45) is 0 Å². The van der Waals surface area contributed by atoms with Gasteiger partial charge in [-0.1, -0.05) is 17.7 Å². The first-order chi connectivity index (χ1) is 8.51. The van der Waals surface area contributed by atoms with Gasteiger partial charge in [-0.3, -0.25) is 0 Å². The van der Waals surface area contributed by atoms with Crippen molar-refractivity contribution in [1.82, 2.24) is 0 Å². The Hall–Kier alpha value is -0.640. The third-order valence-electron chi connectivity index (χ3n) is 3.62. The summed E-state index contributed by atoms with van der Waals surface area (Å²) in [7, 11) is 0. The third kappa shape index (κ3) is 3.02. The van der Waals surface area contributed by atoms with Gasteiger partial charge in [0.05, 0.1) is 16.7 Å². The molecule has 4 heteroatoms. The number of hydrogen-bond acceptors (Lipinski definition) is 2. The quantitative estimate of drug-likeness (QED) is 0.914. The normalized spacial score (nSPS) is 26.0. The lowest BCUT2D eigenvalue weighted by atomic mass is 9.87. The minimum absolute atomic E-state index is 0.105. The van der Waals surface area contributed by atoms with Crippen LogP contribution >= 0.6 is 11.6 Å². The van der Waals surface area contributed by atoms with Gasteiger partial charge >= 0.3 is 0 Å². The summed E-state index contributed by atoms with van der Waals surface area (Å²) >= 11 is 5.63. The molecule has 2 nitrogen and oxygen atoms in total. The molecule has 1 aromatic carbocycles. The SMILES string of the molecule is CC1(C(O)Cc2ccc(Cl)c(F)c2)CCCCO1. The van der Waals surface area contributed by atoms with Crippen LogP contribution in [0.15, 0.2) is 18.2 Å². The molecule has 2 rings (SSSR count). The second-order valence-corrected chi connectivity index (χ2v) is 5.49. The van der Waals surface area contributed by atoms with Crippen LogP contribution in [0.1, 0.15) is 31.7 Å². The van der Waals surface area contributed by atoms with E-state index >= 15 is 0 Å². The molecule has 0 bridgehead atoms. The van der Waals surface area contributed by atoms with Crippen molar-refractivity contribution in [3.63, 3.8) is 0 Å². The molecule has 18 heavy (non-hydrogen) atoms. The Kier molecular flexibility index (Phi) is 4.25. The van der Waals surface area contributed by atoms with Gasteiger partial charge in [0, 0.05) is 13.0 Å². The van der Waals surface area contributed by atoms with Crippen molar-refractivity contribution in [3.05, 3.63) is 34.6 Å². The van der Waals surface area contributed by atoms with E-state index in [0.717, 1.165) is 24.8 Å². The maximum absolute atomic E-state index is 13.3. The molecule has 2 atom stereocenters. The summed E-state index contributed by atoms with van der Waals surface area (Å²) in [6, 6.07) is 4.63. The molecule has 0 saturated carbocycles. The maximum Gasteiger partial charge on any atom is 0.142 e. The molecule has 0 amide bonds. The highest BCUT2D eigenvalue weighted by atomic mass is 35.5. The van der Waals surface area contributed by atoms with Gasteiger partial charge in [-0.25, -0.2) is 4.39 Å². The monoisotopic (exact) mass is 272 g/mol. The molecule has 0 aromatic heterocycles. The molecule has 1 aliphatic heterocycles. The largest absolute Gasteiger partial charge is 0.390 e. The molecule has 0 spiro atoms. The van der Waals surface area contributed by atoms with Crippen LogP contribution in [0.3, 0.4) is 0 Å². The first-order valence-electron chi connectivity index (χ1n) is 6.27. The Labute approximate surface area is 112 Å². The van der Waals surface area contributed by atoms with Gasteiger partial charge in [-0.05, 0) is 43.9 Å². The molecule has 1 saturated heterocycles. The number of ether oxygens (including phenoxy) is 1. The average molecular weight is 273 g/mol. The summed E-state index contributed by atoms with van der Waals surface area (Å²) in [5.41, 5.74) is 0.216. The second-order valence-electron chi connectivity index (χ2n) is 5.09. The van der Waals surface area contributed by atoms with Crippen molar-refractivity contribution < 1.29 is 14.2 Å². The van der Waals surface area contributed by atoms with Gasteiger partial charge in [0.2, 0.25) is 0 Å². The van der Waals surface area contributed by atoms with E-state index in [0.29, 0.717) is 13.0 Å². The zero-order valence-electron chi connectivity index (χ0n) is 10.5. The predicted molar refractivity (Wildman–Crippen MR) is 69.3 cm³/mol. The zero-order chi connectivity index (χ0) is 13.2. The minimum Gasteiger partial charge on any atom is -0.390 e. The maximum atomic E-state index is 13.3. The lowest BCUT2D eigenvalue weighted by molar-refractivity contribution is -0.135. The molecule has 1 aromatic rings. The molecular formula is C14H18ClFO2. The zero-order valence-corrected chi connectivity index (χ0v) is 11.2. The van der Waals surface area contributed by atoms with E-state index in [9.17, 15) is 9.50 Å². The highest BCUT2D eigenvalue weighted by molar-refractivity contribution is 6.30. The van der Waals surface area contributed by atoms with Crippen molar-refractivity contribution >= 4 is 11.6 Å². The van der Waals surface area contributed by atoms with Crippen molar-refractivity contribution in [1.29, 1.82) is 0 Å². The first kappa shape index (κ1) is 13.8. The standard InChI is InChI=1S/C14H18ClFO2/c1-14(6-2-3-7-18-14)13(17)9-10-4-5-11(15)12(16)8-10/h4-5,8,13,17H,2-3,6-7,9H2,1H3. The molecule has 0 radical (unpaired) electrons. The van der Waals surface area contributed by atoms with Crippen molar-refractivity contribution in [2.45, 2.75) is 44.3 Å². The Morgan fingerprint density at radius 1 is 1.50 bits per heavy atom. The van der Waals surface area contributed by atoms with E-state index in [1.54, 1.807) is 6.07 Å². The summed E-state index contributed by atoms with van der Waals surface area (Å²) in [6.45, 7) is 2.60. The molecule has 0 aliphatic carbocycles. The summed E-state index contributed by atoms with van der Waals surface area (Å²) in [5.74, 6) is -0.448. The lowest BCUT2D eigenvalue weighted by Gasteiger charge is -2.38. The van der Waals surface area contributed by atoms with E-state index in [2.05, 4.69) is 0 Å². The van der Waals surface area contributed by atoms with Gasteiger partial charge in [-0.2, -0.15) is 0 Å². The number of benzene rings is 1. The van der Waals surface area contributed by atoms with Crippen LogP contribution in [0, 0.1) is 5.82 Å². The smallest absolute Gasteiger partial charge is 0.142 e. The summed E-state index contributed by atoms with van der Waals surface area (Å²) in [5, 5.41) is 10.4. The summed E-state index contributed by atoms with van der Waals surface area (Å²) in [6.07, 6.45) is 2.69. The highest BCUT2D eigenvalue weighted by Crippen LogP contribution is 2.30. The van der Waals surface area contributed by atoms with Crippen LogP contribution in [0.5, 0.6) is 0 Å². The van der Waals surface area contributed by atoms with Crippen LogP contribution in [0.4, 0.5) is 4.39 Å². The Balaban J connectivity index is 2.05. The molecule has 100 valence electrons. The summed E-state index contributed by atoms with van der Waals surface area (Å²) in [4.78, 5) is 0. The summed E-state index contributed by atoms with van der Waals surface area (Å²) < 4.78 is 19.0. The van der Waals surface area contributed by atoms with Gasteiger partial charge in [0.1, 0.15) is 5.82 Å². The van der Waals surface area contributed by atoms with Crippen LogP contribution < -0.4 is 0 Å². The van der Waals surface area contributed by atoms with E-state index in [-0.39, 0.29) is 5.02 Å². The number of rotatable bonds is 3. The molecule has 1 N–H and O–H groups in total. The molecule has 1 heterocycles. The van der Waals surface area contributed by atoms with E-state index in [4.69, 9.17) is 16.3 Å². The fourth-order valence-electron chi connectivity index (χ4n) is 2.32. The van der Waals surface area contributed by atoms with Gasteiger partial charge in [0.25, 0.3) is 0 Å². The van der Waals surface area contributed by atoms with E-state index < -0.39 is 17.5 Å². The molecule has 1 fully saturated rings. The first-order valence-corrected chi connectivity index (χ1v) is 6.65. The number of aliphatic hydroxyl groups excluding tert-OH is 1. The van der Waals surface area contributed by atoms with Gasteiger partial charge < -0.3 is 9.84 Å². The Morgan fingerprint density at radius 2 is 2.28 bits per heavy atom. The Bertz CT molecular complexity index is 416. The highest BCUT2D eigenvalue weighted by Gasteiger charge is 2.35. The Morgan fingerprint density at radius 3 is 2.89 bits per heavy atom. The number of aliphatic hydroxyl groups is 1. The molecule has 1 aliphatic rings. The van der Waals surface area contributed by atoms with Crippen molar-refractivity contribution in [3.8, 4) is 0 Å². The molecular weight excluding hydrogens is 255 g/mol. The third-order valence-corrected chi connectivity index (χ3v) is 3.92. The molecule has 2 unspecified atom stereocenters. The van der Waals surface area contributed by atoms with E-state index in [1.165, 1.54) is 12.1 Å². The fraction of sp³-hybridized carbons (Fsp3) is 0.571. The topological polar surface area (TPSA) is 29.5 Å². The van der Waals surface area contributed by atoms with Crippen LogP contribution in [-0.2, 0) is 11.2 Å². The van der Waals surface area contributed by atoms with Gasteiger partial charge in [-0.15, -0.1) is 0 Å². The number of hydrogen-bond donors (Lipinski definition) is 1. The van der Waals surface area contributed by atoms with E-state index in [1.807, 2.05) is 6.92 Å².